The molecule has 0 unspecified atom stereocenters. The molecule has 1 saturated carbocycles. The maximum atomic E-state index is 11.9. The van der Waals surface area contributed by atoms with Crippen molar-refractivity contribution in [3.05, 3.63) is 12.7 Å². The van der Waals surface area contributed by atoms with Crippen LogP contribution in [0.25, 0.3) is 0 Å². The number of amides is 1. The molecule has 1 N–H and O–H groups in total. The van der Waals surface area contributed by atoms with E-state index in [9.17, 15) is 4.79 Å². The van der Waals surface area contributed by atoms with E-state index in [2.05, 4.69) is 25.7 Å². The van der Waals surface area contributed by atoms with Crippen molar-refractivity contribution in [1.29, 1.82) is 0 Å². The maximum absolute atomic E-state index is 11.9. The Bertz CT molecular complexity index is 222. The summed E-state index contributed by atoms with van der Waals surface area (Å²) in [7, 11) is 0. The maximum Gasteiger partial charge on any atom is 0.236 e. The number of carbonyl (C=O) groups is 1. The average molecular weight is 210 g/mol. The third-order valence-electron chi connectivity index (χ3n) is 2.66. The van der Waals surface area contributed by atoms with E-state index in [-0.39, 0.29) is 5.91 Å². The van der Waals surface area contributed by atoms with Gasteiger partial charge in [0.1, 0.15) is 0 Å². The molecule has 3 heteroatoms. The second kappa shape index (κ2) is 5.91. The second-order valence-corrected chi connectivity index (χ2v) is 4.50. The fraction of sp³-hybridized carbons (Fsp3) is 0.750. The van der Waals surface area contributed by atoms with Crippen molar-refractivity contribution < 1.29 is 4.79 Å². The molecule has 0 aromatic rings. The monoisotopic (exact) mass is 210 g/mol. The van der Waals surface area contributed by atoms with Gasteiger partial charge in [0.2, 0.25) is 5.91 Å². The SMILES string of the molecule is C=CCNCC(=O)N(CC1CC1)C(C)C. The Labute approximate surface area is 92.5 Å². The molecule has 1 aliphatic carbocycles. The Morgan fingerprint density at radius 3 is 2.73 bits per heavy atom. The van der Waals surface area contributed by atoms with Gasteiger partial charge in [-0.25, -0.2) is 0 Å². The van der Waals surface area contributed by atoms with Crippen molar-refractivity contribution in [2.75, 3.05) is 19.6 Å². The molecule has 0 aromatic carbocycles. The Morgan fingerprint density at radius 2 is 2.27 bits per heavy atom. The van der Waals surface area contributed by atoms with Gasteiger partial charge in [0.15, 0.2) is 0 Å². The molecule has 1 amide bonds. The van der Waals surface area contributed by atoms with Crippen LogP contribution in [0, 0.1) is 5.92 Å². The fourth-order valence-corrected chi connectivity index (χ4v) is 1.56. The predicted octanol–water partition coefficient (Wildman–Crippen LogP) is 1.41. The van der Waals surface area contributed by atoms with Crippen molar-refractivity contribution in [3.8, 4) is 0 Å². The predicted molar refractivity (Wildman–Crippen MR) is 62.6 cm³/mol. The smallest absolute Gasteiger partial charge is 0.236 e. The largest absolute Gasteiger partial charge is 0.339 e. The molecular formula is C12H22N2O. The second-order valence-electron chi connectivity index (χ2n) is 4.50. The van der Waals surface area contributed by atoms with Gasteiger partial charge >= 0.3 is 0 Å². The molecule has 3 nitrogen and oxygen atoms in total. The van der Waals surface area contributed by atoms with E-state index in [1.54, 1.807) is 6.08 Å². The molecule has 0 aliphatic heterocycles. The number of hydrogen-bond donors (Lipinski definition) is 1. The van der Waals surface area contributed by atoms with Crippen molar-refractivity contribution in [2.24, 2.45) is 5.92 Å². The first-order chi connectivity index (χ1) is 7.15. The normalized spacial score (nSPS) is 15.4. The van der Waals surface area contributed by atoms with Gasteiger partial charge in [-0.1, -0.05) is 6.08 Å². The van der Waals surface area contributed by atoms with Crippen LogP contribution in [0.2, 0.25) is 0 Å². The average Bonchev–Trinajstić information content (AvgIpc) is 2.97. The highest BCUT2D eigenvalue weighted by Gasteiger charge is 2.27. The Morgan fingerprint density at radius 1 is 1.60 bits per heavy atom. The van der Waals surface area contributed by atoms with Gasteiger partial charge < -0.3 is 10.2 Å². The highest BCUT2D eigenvalue weighted by Crippen LogP contribution is 2.30. The van der Waals surface area contributed by atoms with E-state index in [1.165, 1.54) is 12.8 Å². The summed E-state index contributed by atoms with van der Waals surface area (Å²) in [5.74, 6) is 0.967. The van der Waals surface area contributed by atoms with Crippen LogP contribution in [0.3, 0.4) is 0 Å². The van der Waals surface area contributed by atoms with E-state index < -0.39 is 0 Å². The summed E-state index contributed by atoms with van der Waals surface area (Å²) in [4.78, 5) is 13.8. The van der Waals surface area contributed by atoms with E-state index in [4.69, 9.17) is 0 Å². The first kappa shape index (κ1) is 12.2. The molecule has 86 valence electrons. The molecule has 1 rings (SSSR count). The van der Waals surface area contributed by atoms with Crippen LogP contribution in [0.1, 0.15) is 26.7 Å². The van der Waals surface area contributed by atoms with Gasteiger partial charge in [0, 0.05) is 19.1 Å². The lowest BCUT2D eigenvalue weighted by atomic mass is 10.2. The van der Waals surface area contributed by atoms with E-state index in [0.29, 0.717) is 19.1 Å². The first-order valence-corrected chi connectivity index (χ1v) is 5.76. The Balaban J connectivity index is 2.32. The van der Waals surface area contributed by atoms with Crippen molar-refractivity contribution in [1.82, 2.24) is 10.2 Å². The third kappa shape index (κ3) is 4.47. The third-order valence-corrected chi connectivity index (χ3v) is 2.66. The van der Waals surface area contributed by atoms with E-state index in [1.807, 2.05) is 4.90 Å². The Kier molecular flexibility index (Phi) is 4.82. The van der Waals surface area contributed by atoms with Gasteiger partial charge in [0.25, 0.3) is 0 Å². The fourth-order valence-electron chi connectivity index (χ4n) is 1.56. The van der Waals surface area contributed by atoms with E-state index >= 15 is 0 Å². The molecule has 1 aliphatic rings. The van der Waals surface area contributed by atoms with Gasteiger partial charge in [-0.15, -0.1) is 6.58 Å². The highest BCUT2D eigenvalue weighted by atomic mass is 16.2. The summed E-state index contributed by atoms with van der Waals surface area (Å²) in [5, 5.41) is 3.05. The topological polar surface area (TPSA) is 32.3 Å². The zero-order chi connectivity index (χ0) is 11.3. The lowest BCUT2D eigenvalue weighted by Crippen LogP contribution is -2.43. The number of nitrogens with one attached hydrogen (secondary N) is 1. The summed E-state index contributed by atoms with van der Waals surface area (Å²) in [6, 6.07) is 0.309. The van der Waals surface area contributed by atoms with Crippen molar-refractivity contribution in [3.63, 3.8) is 0 Å². The number of carbonyl (C=O) groups excluding carboxylic acids is 1. The Hall–Kier alpha value is -0.830. The lowest BCUT2D eigenvalue weighted by molar-refractivity contribution is -0.132. The molecule has 0 radical (unpaired) electrons. The number of rotatable bonds is 7. The van der Waals surface area contributed by atoms with Crippen LogP contribution in [-0.2, 0) is 4.79 Å². The minimum atomic E-state index is 0.207. The van der Waals surface area contributed by atoms with Crippen LogP contribution in [0.4, 0.5) is 0 Å². The minimum Gasteiger partial charge on any atom is -0.339 e. The summed E-state index contributed by atoms with van der Waals surface area (Å²) in [6.07, 6.45) is 4.35. The zero-order valence-electron chi connectivity index (χ0n) is 9.83. The molecular weight excluding hydrogens is 188 g/mol. The summed E-state index contributed by atoms with van der Waals surface area (Å²) in [5.41, 5.74) is 0. The highest BCUT2D eigenvalue weighted by molar-refractivity contribution is 5.78. The van der Waals surface area contributed by atoms with Gasteiger partial charge in [-0.2, -0.15) is 0 Å². The quantitative estimate of drug-likeness (QED) is 0.509. The van der Waals surface area contributed by atoms with Crippen LogP contribution in [-0.4, -0.2) is 36.5 Å². The first-order valence-electron chi connectivity index (χ1n) is 5.76. The van der Waals surface area contributed by atoms with Gasteiger partial charge in [-0.3, -0.25) is 4.79 Å². The lowest BCUT2D eigenvalue weighted by Gasteiger charge is -2.26. The molecule has 0 atom stereocenters. The van der Waals surface area contributed by atoms with Crippen LogP contribution in [0.15, 0.2) is 12.7 Å². The summed E-state index contributed by atoms with van der Waals surface area (Å²) >= 11 is 0. The molecule has 0 aromatic heterocycles. The zero-order valence-corrected chi connectivity index (χ0v) is 9.83. The van der Waals surface area contributed by atoms with Crippen LogP contribution in [0.5, 0.6) is 0 Å². The van der Waals surface area contributed by atoms with Crippen molar-refractivity contribution >= 4 is 5.91 Å². The molecule has 1 fully saturated rings. The van der Waals surface area contributed by atoms with Gasteiger partial charge in [-0.05, 0) is 32.6 Å². The number of hydrogen-bond acceptors (Lipinski definition) is 2. The molecule has 0 spiro atoms. The molecule has 0 bridgehead atoms. The standard InChI is InChI=1S/C12H22N2O/c1-4-7-13-8-12(15)14(10(2)3)9-11-5-6-11/h4,10-11,13H,1,5-9H2,2-3H3. The molecule has 0 heterocycles. The molecule has 0 saturated heterocycles. The van der Waals surface area contributed by atoms with Crippen molar-refractivity contribution in [2.45, 2.75) is 32.7 Å². The van der Waals surface area contributed by atoms with Crippen LogP contribution >= 0.6 is 0 Å². The summed E-state index contributed by atoms with van der Waals surface area (Å²) < 4.78 is 0. The van der Waals surface area contributed by atoms with E-state index in [0.717, 1.165) is 12.5 Å². The molecule has 15 heavy (non-hydrogen) atoms. The minimum absolute atomic E-state index is 0.207. The van der Waals surface area contributed by atoms with Gasteiger partial charge in [0.05, 0.1) is 6.54 Å². The number of nitrogens with zero attached hydrogens (tertiary/aromatic N) is 1. The summed E-state index contributed by atoms with van der Waals surface area (Å²) in [6.45, 7) is 9.82. The van der Waals surface area contributed by atoms with Crippen LogP contribution < -0.4 is 5.32 Å².